The largest absolute Gasteiger partial charge is 0.470 e. The van der Waals surface area contributed by atoms with Gasteiger partial charge in [0.1, 0.15) is 5.75 Å². The van der Waals surface area contributed by atoms with Crippen molar-refractivity contribution in [3.8, 4) is 5.75 Å². The molecule has 0 saturated carbocycles. The number of carbonyl (C=O) groups is 2. The van der Waals surface area contributed by atoms with E-state index in [2.05, 4.69) is 0 Å². The summed E-state index contributed by atoms with van der Waals surface area (Å²) in [5.74, 6) is -0.461. The third-order valence-corrected chi connectivity index (χ3v) is 2.59. The quantitative estimate of drug-likeness (QED) is 0.454. The topological polar surface area (TPSA) is 52.6 Å². The number of rotatable bonds is 4. The van der Waals surface area contributed by atoms with Crippen LogP contribution in [-0.4, -0.2) is 24.5 Å². The summed E-state index contributed by atoms with van der Waals surface area (Å²) in [4.78, 5) is 23.5. The molecule has 0 spiro atoms. The first-order valence-electron chi connectivity index (χ1n) is 5.70. The highest BCUT2D eigenvalue weighted by atomic mass is 16.6. The standard InChI is InChI=1S/C13H14O4/c1-2-3-8-16-13(15)12-11(14)9-6-4-5-7-10(9)17-12/h4-7,12H,2-3,8H2,1H3. The molecule has 1 heterocycles. The number of hydrogen-bond donors (Lipinski definition) is 0. The number of ketones is 1. The highest BCUT2D eigenvalue weighted by Crippen LogP contribution is 2.28. The number of unbranched alkanes of at least 4 members (excludes halogenated alkanes) is 1. The highest BCUT2D eigenvalue weighted by molar-refractivity contribution is 6.15. The van der Waals surface area contributed by atoms with Crippen LogP contribution in [0, 0.1) is 0 Å². The lowest BCUT2D eigenvalue weighted by molar-refractivity contribution is -0.149. The second-order valence-corrected chi connectivity index (χ2v) is 3.88. The van der Waals surface area contributed by atoms with E-state index in [9.17, 15) is 9.59 Å². The fourth-order valence-corrected chi connectivity index (χ4v) is 1.64. The van der Waals surface area contributed by atoms with Crippen LogP contribution in [0.2, 0.25) is 0 Å². The predicted octanol–water partition coefficient (Wildman–Crippen LogP) is 1.97. The van der Waals surface area contributed by atoms with Crippen LogP contribution in [0.3, 0.4) is 0 Å². The maximum absolute atomic E-state index is 11.8. The van der Waals surface area contributed by atoms with Gasteiger partial charge in [-0.05, 0) is 18.6 Å². The van der Waals surface area contributed by atoms with E-state index in [0.717, 1.165) is 12.8 Å². The number of Topliss-reactive ketones (excluding diaryl/α,β-unsaturated/α-hetero) is 1. The zero-order valence-electron chi connectivity index (χ0n) is 9.64. The molecule has 1 aliphatic rings. The van der Waals surface area contributed by atoms with Gasteiger partial charge in [-0.15, -0.1) is 0 Å². The van der Waals surface area contributed by atoms with E-state index in [0.29, 0.717) is 17.9 Å². The van der Waals surface area contributed by atoms with E-state index in [4.69, 9.17) is 9.47 Å². The lowest BCUT2D eigenvalue weighted by Gasteiger charge is -2.08. The van der Waals surface area contributed by atoms with Crippen molar-refractivity contribution >= 4 is 11.8 Å². The molecule has 4 heteroatoms. The van der Waals surface area contributed by atoms with Crippen molar-refractivity contribution in [3.05, 3.63) is 29.8 Å². The minimum absolute atomic E-state index is 0.318. The van der Waals surface area contributed by atoms with Gasteiger partial charge in [-0.2, -0.15) is 0 Å². The number of esters is 1. The Morgan fingerprint density at radius 3 is 2.88 bits per heavy atom. The highest BCUT2D eigenvalue weighted by Gasteiger charge is 2.38. The van der Waals surface area contributed by atoms with Crippen LogP contribution < -0.4 is 4.74 Å². The Labute approximate surface area is 99.5 Å². The summed E-state index contributed by atoms with van der Waals surface area (Å²) in [5.41, 5.74) is 0.449. The van der Waals surface area contributed by atoms with Gasteiger partial charge in [-0.3, -0.25) is 4.79 Å². The van der Waals surface area contributed by atoms with Crippen LogP contribution in [0.25, 0.3) is 0 Å². The summed E-state index contributed by atoms with van der Waals surface area (Å²) in [5, 5.41) is 0. The van der Waals surface area contributed by atoms with Crippen LogP contribution in [-0.2, 0) is 9.53 Å². The van der Waals surface area contributed by atoms with Crippen molar-refractivity contribution in [1.29, 1.82) is 0 Å². The van der Waals surface area contributed by atoms with Crippen LogP contribution in [0.4, 0.5) is 0 Å². The van der Waals surface area contributed by atoms with Crippen molar-refractivity contribution < 1.29 is 19.1 Å². The molecular weight excluding hydrogens is 220 g/mol. The molecule has 0 radical (unpaired) electrons. The van der Waals surface area contributed by atoms with Crippen LogP contribution >= 0.6 is 0 Å². The Morgan fingerprint density at radius 1 is 1.41 bits per heavy atom. The van der Waals surface area contributed by atoms with Gasteiger partial charge in [0.25, 0.3) is 6.10 Å². The third kappa shape index (κ3) is 2.30. The molecule has 1 aromatic carbocycles. The summed E-state index contributed by atoms with van der Waals surface area (Å²) in [6.07, 6.45) is 0.608. The molecule has 4 nitrogen and oxygen atoms in total. The lowest BCUT2D eigenvalue weighted by atomic mass is 10.1. The van der Waals surface area contributed by atoms with E-state index in [-0.39, 0.29) is 5.78 Å². The van der Waals surface area contributed by atoms with Crippen molar-refractivity contribution in [3.63, 3.8) is 0 Å². The molecule has 1 aromatic rings. The number of benzene rings is 1. The van der Waals surface area contributed by atoms with Gasteiger partial charge < -0.3 is 9.47 Å². The van der Waals surface area contributed by atoms with Crippen molar-refractivity contribution in [2.75, 3.05) is 6.61 Å². The Balaban J connectivity index is 2.02. The molecular formula is C13H14O4. The fourth-order valence-electron chi connectivity index (χ4n) is 1.64. The van der Waals surface area contributed by atoms with Gasteiger partial charge in [0.15, 0.2) is 0 Å². The molecule has 2 rings (SSSR count). The summed E-state index contributed by atoms with van der Waals surface area (Å²) in [7, 11) is 0. The van der Waals surface area contributed by atoms with Crippen LogP contribution in [0.15, 0.2) is 24.3 Å². The van der Waals surface area contributed by atoms with Gasteiger partial charge in [0, 0.05) is 0 Å². The minimum Gasteiger partial charge on any atom is -0.470 e. The maximum atomic E-state index is 11.8. The summed E-state index contributed by atoms with van der Waals surface area (Å²) < 4.78 is 10.3. The minimum atomic E-state index is -1.12. The van der Waals surface area contributed by atoms with E-state index < -0.39 is 12.1 Å². The molecule has 0 N–H and O–H groups in total. The molecule has 17 heavy (non-hydrogen) atoms. The fraction of sp³-hybridized carbons (Fsp3) is 0.385. The molecule has 1 atom stereocenters. The lowest BCUT2D eigenvalue weighted by Crippen LogP contribution is -2.32. The van der Waals surface area contributed by atoms with Gasteiger partial charge in [0.05, 0.1) is 12.2 Å². The number of para-hydroxylation sites is 1. The average molecular weight is 234 g/mol. The molecule has 1 unspecified atom stereocenters. The summed E-state index contributed by atoms with van der Waals surface area (Å²) in [6, 6.07) is 6.82. The Bertz CT molecular complexity index is 439. The van der Waals surface area contributed by atoms with E-state index in [1.807, 2.05) is 6.92 Å². The SMILES string of the molecule is CCCCOC(=O)C1Oc2ccccc2C1=O. The van der Waals surface area contributed by atoms with Gasteiger partial charge in [-0.1, -0.05) is 25.5 Å². The molecule has 0 bridgehead atoms. The number of hydrogen-bond acceptors (Lipinski definition) is 4. The molecule has 0 aromatic heterocycles. The molecule has 0 amide bonds. The zero-order chi connectivity index (χ0) is 12.3. The van der Waals surface area contributed by atoms with Crippen molar-refractivity contribution in [2.45, 2.75) is 25.9 Å². The van der Waals surface area contributed by atoms with Gasteiger partial charge >= 0.3 is 5.97 Å². The average Bonchev–Trinajstić information content (AvgIpc) is 2.68. The smallest absolute Gasteiger partial charge is 0.355 e. The van der Waals surface area contributed by atoms with Crippen molar-refractivity contribution in [2.24, 2.45) is 0 Å². The summed E-state index contributed by atoms with van der Waals surface area (Å²) in [6.45, 7) is 2.33. The van der Waals surface area contributed by atoms with Crippen LogP contribution in [0.5, 0.6) is 5.75 Å². The first kappa shape index (κ1) is 11.6. The van der Waals surface area contributed by atoms with E-state index in [1.165, 1.54) is 0 Å². The molecule has 0 aliphatic carbocycles. The van der Waals surface area contributed by atoms with Gasteiger partial charge in [0.2, 0.25) is 5.78 Å². The normalized spacial score (nSPS) is 17.5. The molecule has 1 aliphatic heterocycles. The van der Waals surface area contributed by atoms with E-state index in [1.54, 1.807) is 24.3 Å². The van der Waals surface area contributed by atoms with Crippen LogP contribution in [0.1, 0.15) is 30.1 Å². The maximum Gasteiger partial charge on any atom is 0.355 e. The third-order valence-electron chi connectivity index (χ3n) is 2.59. The predicted molar refractivity (Wildman–Crippen MR) is 61.1 cm³/mol. The monoisotopic (exact) mass is 234 g/mol. The molecule has 0 fully saturated rings. The van der Waals surface area contributed by atoms with E-state index >= 15 is 0 Å². The second kappa shape index (κ2) is 4.99. The first-order chi connectivity index (χ1) is 8.24. The Kier molecular flexibility index (Phi) is 3.42. The Morgan fingerprint density at radius 2 is 2.18 bits per heavy atom. The number of carbonyl (C=O) groups excluding carboxylic acids is 2. The number of fused-ring (bicyclic) bond motifs is 1. The second-order valence-electron chi connectivity index (χ2n) is 3.88. The summed E-state index contributed by atoms with van der Waals surface area (Å²) >= 11 is 0. The molecule has 90 valence electrons. The van der Waals surface area contributed by atoms with Gasteiger partial charge in [-0.25, -0.2) is 4.79 Å². The molecule has 0 saturated heterocycles. The first-order valence-corrected chi connectivity index (χ1v) is 5.70. The number of ether oxygens (including phenoxy) is 2. The Hall–Kier alpha value is -1.84. The van der Waals surface area contributed by atoms with Crippen molar-refractivity contribution in [1.82, 2.24) is 0 Å². The zero-order valence-corrected chi connectivity index (χ0v) is 9.64.